The van der Waals surface area contributed by atoms with Crippen LogP contribution in [0, 0.1) is 0 Å². The molecule has 3 heterocycles. The van der Waals surface area contributed by atoms with Crippen LogP contribution in [0.15, 0.2) is 29.3 Å². The predicted octanol–water partition coefficient (Wildman–Crippen LogP) is 3.22. The first-order chi connectivity index (χ1) is 13.7. The van der Waals surface area contributed by atoms with Gasteiger partial charge < -0.3 is 20.1 Å². The molecule has 1 saturated heterocycles. The fourth-order valence-corrected chi connectivity index (χ4v) is 4.12. The van der Waals surface area contributed by atoms with Gasteiger partial charge in [0.25, 0.3) is 0 Å². The number of rotatable bonds is 5. The lowest BCUT2D eigenvalue weighted by Crippen LogP contribution is -2.44. The number of hydrogen-bond acceptors (Lipinski definition) is 4. The highest BCUT2D eigenvalue weighted by atomic mass is 127. The number of nitrogens with zero attached hydrogens (tertiary/aromatic N) is 5. The predicted molar refractivity (Wildman–Crippen MR) is 128 cm³/mol. The molecule has 158 valence electrons. The zero-order chi connectivity index (χ0) is 19.3. The molecule has 1 unspecified atom stereocenters. The van der Waals surface area contributed by atoms with Crippen molar-refractivity contribution in [3.05, 3.63) is 40.9 Å². The van der Waals surface area contributed by atoms with E-state index in [9.17, 15) is 0 Å². The summed E-state index contributed by atoms with van der Waals surface area (Å²) in [4.78, 5) is 7.13. The van der Waals surface area contributed by atoms with Crippen molar-refractivity contribution in [2.24, 2.45) is 4.99 Å². The van der Waals surface area contributed by atoms with Gasteiger partial charge in [-0.05, 0) is 44.4 Å². The van der Waals surface area contributed by atoms with Gasteiger partial charge in [0.2, 0.25) is 0 Å². The molecule has 29 heavy (non-hydrogen) atoms. The number of nitrogens with one attached hydrogen (secondary N) is 2. The number of halogens is 2. The van der Waals surface area contributed by atoms with E-state index in [-0.39, 0.29) is 24.0 Å². The van der Waals surface area contributed by atoms with E-state index < -0.39 is 0 Å². The second kappa shape index (κ2) is 10.5. The van der Waals surface area contributed by atoms with E-state index in [1.165, 1.54) is 18.5 Å². The molecule has 9 heteroatoms. The largest absolute Gasteiger partial charge is 0.369 e. The van der Waals surface area contributed by atoms with Gasteiger partial charge in [-0.1, -0.05) is 17.7 Å². The molecule has 0 aliphatic carbocycles. The molecule has 0 bridgehead atoms. The molecule has 2 aliphatic rings. The molecule has 2 aliphatic heterocycles. The Hall–Kier alpha value is -1.55. The monoisotopic (exact) mass is 529 g/mol. The van der Waals surface area contributed by atoms with Crippen LogP contribution in [0.3, 0.4) is 0 Å². The van der Waals surface area contributed by atoms with Gasteiger partial charge in [-0.2, -0.15) is 0 Å². The SMILES string of the molecule is CCNC(=NCc1nnc2n1CCCC2)NC1CCN(c2cccc(Cl)c2)C1.I. The molecule has 1 aromatic heterocycles. The van der Waals surface area contributed by atoms with Crippen LogP contribution >= 0.6 is 35.6 Å². The average Bonchev–Trinajstić information content (AvgIpc) is 3.33. The number of aromatic nitrogens is 3. The van der Waals surface area contributed by atoms with Gasteiger partial charge in [0.15, 0.2) is 11.8 Å². The molecule has 1 aromatic carbocycles. The van der Waals surface area contributed by atoms with Gasteiger partial charge in [-0.25, -0.2) is 4.99 Å². The molecule has 0 radical (unpaired) electrons. The minimum atomic E-state index is 0. The summed E-state index contributed by atoms with van der Waals surface area (Å²) in [5.41, 5.74) is 1.17. The summed E-state index contributed by atoms with van der Waals surface area (Å²) in [7, 11) is 0. The number of hydrogen-bond donors (Lipinski definition) is 2. The van der Waals surface area contributed by atoms with Crippen molar-refractivity contribution in [2.45, 2.75) is 51.7 Å². The Bertz CT molecular complexity index is 838. The van der Waals surface area contributed by atoms with Crippen molar-refractivity contribution in [3.63, 3.8) is 0 Å². The summed E-state index contributed by atoms with van der Waals surface area (Å²) >= 11 is 6.14. The fraction of sp³-hybridized carbons (Fsp3) is 0.550. The van der Waals surface area contributed by atoms with E-state index in [0.717, 1.165) is 61.7 Å². The molecule has 1 fully saturated rings. The van der Waals surface area contributed by atoms with Crippen molar-refractivity contribution < 1.29 is 0 Å². The minimum absolute atomic E-state index is 0. The van der Waals surface area contributed by atoms with Crippen molar-refractivity contribution in [1.29, 1.82) is 0 Å². The first-order valence-corrected chi connectivity index (χ1v) is 10.6. The van der Waals surface area contributed by atoms with E-state index in [4.69, 9.17) is 16.6 Å². The summed E-state index contributed by atoms with van der Waals surface area (Å²) in [6, 6.07) is 8.41. The van der Waals surface area contributed by atoms with Gasteiger partial charge in [0.1, 0.15) is 12.4 Å². The normalized spacial score (nSPS) is 18.9. The van der Waals surface area contributed by atoms with Crippen molar-refractivity contribution in [2.75, 3.05) is 24.5 Å². The third-order valence-corrected chi connectivity index (χ3v) is 5.60. The summed E-state index contributed by atoms with van der Waals surface area (Å²) in [6.45, 7) is 6.42. The van der Waals surface area contributed by atoms with Crippen LogP contribution in [-0.2, 0) is 19.5 Å². The Kier molecular flexibility index (Phi) is 7.99. The van der Waals surface area contributed by atoms with Crippen LogP contribution in [0.2, 0.25) is 5.02 Å². The quantitative estimate of drug-likeness (QED) is 0.354. The number of aliphatic imine (C=N–C) groups is 1. The number of anilines is 1. The zero-order valence-corrected chi connectivity index (χ0v) is 19.9. The summed E-state index contributed by atoms with van der Waals surface area (Å²) < 4.78 is 2.23. The zero-order valence-electron chi connectivity index (χ0n) is 16.8. The van der Waals surface area contributed by atoms with Crippen molar-refractivity contribution in [1.82, 2.24) is 25.4 Å². The van der Waals surface area contributed by atoms with Gasteiger partial charge in [-0.15, -0.1) is 34.2 Å². The Balaban J connectivity index is 0.00000240. The Labute approximate surface area is 194 Å². The molecule has 7 nitrogen and oxygen atoms in total. The molecular weight excluding hydrogens is 501 g/mol. The number of aryl methyl sites for hydroxylation is 1. The van der Waals surface area contributed by atoms with Gasteiger partial charge in [-0.3, -0.25) is 0 Å². The number of guanidine groups is 1. The van der Waals surface area contributed by atoms with E-state index in [0.29, 0.717) is 12.6 Å². The molecule has 2 aromatic rings. The van der Waals surface area contributed by atoms with Crippen LogP contribution in [0.5, 0.6) is 0 Å². The lowest BCUT2D eigenvalue weighted by atomic mass is 10.2. The highest BCUT2D eigenvalue weighted by Gasteiger charge is 2.24. The second-order valence-corrected chi connectivity index (χ2v) is 7.83. The van der Waals surface area contributed by atoms with Gasteiger partial charge in [0, 0.05) is 49.4 Å². The van der Waals surface area contributed by atoms with Crippen LogP contribution in [0.25, 0.3) is 0 Å². The highest BCUT2D eigenvalue weighted by molar-refractivity contribution is 14.0. The smallest absolute Gasteiger partial charge is 0.191 e. The molecule has 0 spiro atoms. The lowest BCUT2D eigenvalue weighted by Gasteiger charge is -2.20. The van der Waals surface area contributed by atoms with E-state index in [2.05, 4.69) is 43.3 Å². The van der Waals surface area contributed by atoms with Crippen molar-refractivity contribution in [3.8, 4) is 0 Å². The fourth-order valence-electron chi connectivity index (χ4n) is 3.93. The second-order valence-electron chi connectivity index (χ2n) is 7.39. The van der Waals surface area contributed by atoms with E-state index in [1.807, 2.05) is 18.2 Å². The maximum atomic E-state index is 6.14. The van der Waals surface area contributed by atoms with E-state index >= 15 is 0 Å². The van der Waals surface area contributed by atoms with Gasteiger partial charge >= 0.3 is 0 Å². The summed E-state index contributed by atoms with van der Waals surface area (Å²) in [5.74, 6) is 2.90. The van der Waals surface area contributed by atoms with Crippen LogP contribution in [-0.4, -0.2) is 46.4 Å². The maximum Gasteiger partial charge on any atom is 0.191 e. The maximum absolute atomic E-state index is 6.14. The first kappa shape index (κ1) is 22.1. The molecule has 0 amide bonds. The Morgan fingerprint density at radius 1 is 1.28 bits per heavy atom. The highest BCUT2D eigenvalue weighted by Crippen LogP contribution is 2.23. The Morgan fingerprint density at radius 3 is 3.00 bits per heavy atom. The molecule has 0 saturated carbocycles. The number of fused-ring (bicyclic) bond motifs is 1. The number of benzene rings is 1. The summed E-state index contributed by atoms with van der Waals surface area (Å²) in [5, 5.41) is 16.4. The van der Waals surface area contributed by atoms with Gasteiger partial charge in [0.05, 0.1) is 0 Å². The molecule has 2 N–H and O–H groups in total. The molecular formula is C20H29ClIN7. The van der Waals surface area contributed by atoms with Crippen LogP contribution in [0.4, 0.5) is 5.69 Å². The molecule has 1 atom stereocenters. The first-order valence-electron chi connectivity index (χ1n) is 10.2. The average molecular weight is 530 g/mol. The molecule has 4 rings (SSSR count). The Morgan fingerprint density at radius 2 is 2.17 bits per heavy atom. The topological polar surface area (TPSA) is 70.4 Å². The lowest BCUT2D eigenvalue weighted by molar-refractivity contribution is 0.508. The summed E-state index contributed by atoms with van der Waals surface area (Å²) in [6.07, 6.45) is 4.49. The minimum Gasteiger partial charge on any atom is -0.369 e. The van der Waals surface area contributed by atoms with Crippen molar-refractivity contribution >= 4 is 47.2 Å². The van der Waals surface area contributed by atoms with Crippen LogP contribution in [0.1, 0.15) is 37.8 Å². The standard InChI is InChI=1S/C20H28ClN7.HI/c1-2-22-20(23-13-19-26-25-18-8-3-4-10-28(18)19)24-16-9-11-27(14-16)17-7-5-6-15(21)12-17;/h5-7,12,16H,2-4,8-11,13-14H2,1H3,(H2,22,23,24);1H. The van der Waals surface area contributed by atoms with Crippen LogP contribution < -0.4 is 15.5 Å². The van der Waals surface area contributed by atoms with E-state index in [1.54, 1.807) is 0 Å². The third kappa shape index (κ3) is 5.53. The third-order valence-electron chi connectivity index (χ3n) is 5.36.